The molecule has 0 bridgehead atoms. The SMILES string of the molecule is CCn1cnc2c(N3CCOCC3)nc(-c3c(F)ccc4[nH]ccc34)nc21. The maximum Gasteiger partial charge on any atom is 0.167 e. The van der Waals surface area contributed by atoms with Gasteiger partial charge in [-0.15, -0.1) is 0 Å². The van der Waals surface area contributed by atoms with Crippen molar-refractivity contribution in [3.8, 4) is 11.4 Å². The zero-order chi connectivity index (χ0) is 18.4. The molecule has 0 amide bonds. The monoisotopic (exact) mass is 366 g/mol. The average Bonchev–Trinajstić information content (AvgIpc) is 3.34. The summed E-state index contributed by atoms with van der Waals surface area (Å²) < 4.78 is 22.2. The Balaban J connectivity index is 1.79. The fourth-order valence-corrected chi connectivity index (χ4v) is 3.60. The van der Waals surface area contributed by atoms with Crippen molar-refractivity contribution < 1.29 is 9.13 Å². The van der Waals surface area contributed by atoms with Crippen LogP contribution in [0, 0.1) is 5.82 Å². The number of ether oxygens (including phenoxy) is 1. The van der Waals surface area contributed by atoms with E-state index in [4.69, 9.17) is 14.7 Å². The Labute approximate surface area is 154 Å². The molecule has 1 N–H and O–H groups in total. The third-order valence-electron chi connectivity index (χ3n) is 5.00. The molecule has 0 atom stereocenters. The molecular weight excluding hydrogens is 347 g/mol. The summed E-state index contributed by atoms with van der Waals surface area (Å²) >= 11 is 0. The molecule has 0 aliphatic carbocycles. The molecule has 5 rings (SSSR count). The molecule has 3 aromatic heterocycles. The number of aromatic nitrogens is 5. The molecule has 1 aromatic carbocycles. The predicted molar refractivity (Wildman–Crippen MR) is 101 cm³/mol. The average molecular weight is 366 g/mol. The van der Waals surface area contributed by atoms with Crippen molar-refractivity contribution in [2.45, 2.75) is 13.5 Å². The van der Waals surface area contributed by atoms with Crippen molar-refractivity contribution >= 4 is 27.9 Å². The summed E-state index contributed by atoms with van der Waals surface area (Å²) in [7, 11) is 0. The van der Waals surface area contributed by atoms with Crippen LogP contribution in [0.1, 0.15) is 6.92 Å². The number of halogens is 1. The minimum atomic E-state index is -0.336. The van der Waals surface area contributed by atoms with Gasteiger partial charge in [-0.05, 0) is 25.1 Å². The van der Waals surface area contributed by atoms with E-state index in [-0.39, 0.29) is 5.82 Å². The highest BCUT2D eigenvalue weighted by molar-refractivity contribution is 5.95. The molecule has 0 radical (unpaired) electrons. The van der Waals surface area contributed by atoms with Gasteiger partial charge in [-0.3, -0.25) is 0 Å². The van der Waals surface area contributed by atoms with E-state index >= 15 is 0 Å². The third-order valence-corrected chi connectivity index (χ3v) is 5.00. The predicted octanol–water partition coefficient (Wildman–Crippen LogP) is 2.97. The molecule has 1 aliphatic rings. The highest BCUT2D eigenvalue weighted by Gasteiger charge is 2.23. The third kappa shape index (κ3) is 2.56. The van der Waals surface area contributed by atoms with E-state index in [2.05, 4.69) is 14.9 Å². The van der Waals surface area contributed by atoms with Gasteiger partial charge in [0, 0.05) is 36.7 Å². The van der Waals surface area contributed by atoms with Crippen LogP contribution in [0.15, 0.2) is 30.7 Å². The van der Waals surface area contributed by atoms with Gasteiger partial charge in [-0.2, -0.15) is 0 Å². The van der Waals surface area contributed by atoms with Crippen molar-refractivity contribution in [2.75, 3.05) is 31.2 Å². The Bertz CT molecular complexity index is 1130. The summed E-state index contributed by atoms with van der Waals surface area (Å²) in [5.41, 5.74) is 2.72. The molecule has 0 unspecified atom stereocenters. The number of aryl methyl sites for hydroxylation is 1. The summed E-state index contributed by atoms with van der Waals surface area (Å²) in [4.78, 5) is 19.3. The van der Waals surface area contributed by atoms with Crippen LogP contribution < -0.4 is 4.90 Å². The molecule has 0 saturated carbocycles. The van der Waals surface area contributed by atoms with E-state index in [0.717, 1.165) is 47.5 Å². The molecule has 1 fully saturated rings. The smallest absolute Gasteiger partial charge is 0.167 e. The number of hydrogen-bond acceptors (Lipinski definition) is 5. The topological polar surface area (TPSA) is 71.9 Å². The number of morpholine rings is 1. The first-order chi connectivity index (χ1) is 13.3. The summed E-state index contributed by atoms with van der Waals surface area (Å²) in [6.07, 6.45) is 3.56. The van der Waals surface area contributed by atoms with E-state index in [1.165, 1.54) is 6.07 Å². The van der Waals surface area contributed by atoms with Crippen molar-refractivity contribution in [3.63, 3.8) is 0 Å². The van der Waals surface area contributed by atoms with E-state index in [0.29, 0.717) is 24.6 Å². The van der Waals surface area contributed by atoms with Crippen LogP contribution in [0.5, 0.6) is 0 Å². The largest absolute Gasteiger partial charge is 0.378 e. The molecule has 27 heavy (non-hydrogen) atoms. The van der Waals surface area contributed by atoms with E-state index in [1.54, 1.807) is 18.6 Å². The normalized spacial score (nSPS) is 15.1. The zero-order valence-corrected chi connectivity index (χ0v) is 14.9. The second-order valence-electron chi connectivity index (χ2n) is 6.53. The van der Waals surface area contributed by atoms with E-state index < -0.39 is 0 Å². The number of rotatable bonds is 3. The number of aromatic amines is 1. The standard InChI is InChI=1S/C19H19FN6O/c1-2-25-11-22-16-18(25)23-17(24-19(16)26-7-9-27-10-8-26)15-12-5-6-21-14(12)4-3-13(15)20/h3-6,11,21H,2,7-10H2,1H3. The molecule has 4 heterocycles. The van der Waals surface area contributed by atoms with Gasteiger partial charge in [-0.25, -0.2) is 19.3 Å². The van der Waals surface area contributed by atoms with Gasteiger partial charge in [0.15, 0.2) is 22.8 Å². The van der Waals surface area contributed by atoms with E-state index in [1.807, 2.05) is 17.6 Å². The summed E-state index contributed by atoms with van der Waals surface area (Å²) in [6, 6.07) is 5.03. The highest BCUT2D eigenvalue weighted by atomic mass is 19.1. The lowest BCUT2D eigenvalue weighted by atomic mass is 10.1. The molecular formula is C19H19FN6O. The van der Waals surface area contributed by atoms with Gasteiger partial charge >= 0.3 is 0 Å². The van der Waals surface area contributed by atoms with Gasteiger partial charge in [0.05, 0.1) is 25.1 Å². The first kappa shape index (κ1) is 16.2. The van der Waals surface area contributed by atoms with Gasteiger partial charge in [0.1, 0.15) is 5.82 Å². The highest BCUT2D eigenvalue weighted by Crippen LogP contribution is 2.32. The lowest BCUT2D eigenvalue weighted by Crippen LogP contribution is -2.37. The fourth-order valence-electron chi connectivity index (χ4n) is 3.60. The van der Waals surface area contributed by atoms with Crippen LogP contribution in [0.3, 0.4) is 0 Å². The van der Waals surface area contributed by atoms with Crippen molar-refractivity contribution in [1.82, 2.24) is 24.5 Å². The maximum atomic E-state index is 14.8. The van der Waals surface area contributed by atoms with Gasteiger partial charge < -0.3 is 19.2 Å². The fraction of sp³-hybridized carbons (Fsp3) is 0.316. The van der Waals surface area contributed by atoms with Gasteiger partial charge in [0.2, 0.25) is 0 Å². The van der Waals surface area contributed by atoms with Gasteiger partial charge in [0.25, 0.3) is 0 Å². The van der Waals surface area contributed by atoms with Crippen molar-refractivity contribution in [3.05, 3.63) is 36.5 Å². The summed E-state index contributed by atoms with van der Waals surface area (Å²) in [6.45, 7) is 5.48. The Morgan fingerprint density at radius 1 is 1.19 bits per heavy atom. The van der Waals surface area contributed by atoms with Crippen LogP contribution in [0.25, 0.3) is 33.5 Å². The number of nitrogens with one attached hydrogen (secondary N) is 1. The quantitative estimate of drug-likeness (QED) is 0.604. The lowest BCUT2D eigenvalue weighted by Gasteiger charge is -2.28. The van der Waals surface area contributed by atoms with Crippen molar-refractivity contribution in [2.24, 2.45) is 0 Å². The number of imidazole rings is 1. The Morgan fingerprint density at radius 3 is 2.85 bits per heavy atom. The number of nitrogens with zero attached hydrogens (tertiary/aromatic N) is 5. The number of anilines is 1. The van der Waals surface area contributed by atoms with Crippen molar-refractivity contribution in [1.29, 1.82) is 0 Å². The maximum absolute atomic E-state index is 14.8. The molecule has 7 nitrogen and oxygen atoms in total. The number of hydrogen-bond donors (Lipinski definition) is 1. The lowest BCUT2D eigenvalue weighted by molar-refractivity contribution is 0.122. The van der Waals surface area contributed by atoms with E-state index in [9.17, 15) is 4.39 Å². The molecule has 1 aliphatic heterocycles. The first-order valence-corrected chi connectivity index (χ1v) is 9.08. The van der Waals surface area contributed by atoms with Crippen LogP contribution >= 0.6 is 0 Å². The minimum absolute atomic E-state index is 0.336. The van der Waals surface area contributed by atoms with Gasteiger partial charge in [-0.1, -0.05) is 0 Å². The summed E-state index contributed by atoms with van der Waals surface area (Å²) in [5, 5.41) is 0.768. The first-order valence-electron chi connectivity index (χ1n) is 9.08. The molecule has 0 spiro atoms. The number of benzene rings is 1. The second kappa shape index (κ2) is 6.31. The Hall–Kier alpha value is -3.00. The Morgan fingerprint density at radius 2 is 2.04 bits per heavy atom. The van der Waals surface area contributed by atoms with Crippen LogP contribution in [-0.4, -0.2) is 50.8 Å². The molecule has 1 saturated heterocycles. The zero-order valence-electron chi connectivity index (χ0n) is 14.9. The second-order valence-corrected chi connectivity index (χ2v) is 6.53. The molecule has 8 heteroatoms. The molecule has 4 aromatic rings. The molecule has 138 valence electrons. The van der Waals surface area contributed by atoms with Crippen LogP contribution in [-0.2, 0) is 11.3 Å². The van der Waals surface area contributed by atoms with Crippen LogP contribution in [0.4, 0.5) is 10.2 Å². The number of H-pyrrole nitrogens is 1. The minimum Gasteiger partial charge on any atom is -0.378 e. The van der Waals surface area contributed by atoms with Crippen LogP contribution in [0.2, 0.25) is 0 Å². The summed E-state index contributed by atoms with van der Waals surface area (Å²) in [5.74, 6) is 0.774. The Kier molecular flexibility index (Phi) is 3.78. The number of fused-ring (bicyclic) bond motifs is 2.